The number of aliphatic hydroxyl groups is 1. The molecule has 0 spiro atoms. The Balaban J connectivity index is 3.77. The molecule has 1 atom stereocenters. The van der Waals surface area contributed by atoms with Crippen molar-refractivity contribution in [3.63, 3.8) is 0 Å². The van der Waals surface area contributed by atoms with Crippen LogP contribution in [0.5, 0.6) is 0 Å². The van der Waals surface area contributed by atoms with Crippen molar-refractivity contribution in [1.82, 2.24) is 4.90 Å². The minimum absolute atomic E-state index is 0.00981. The molecule has 5 heteroatoms. The molecular weight excluding hydrogens is 172 g/mol. The third-order valence-corrected chi connectivity index (χ3v) is 1.40. The van der Waals surface area contributed by atoms with Crippen LogP contribution in [0.2, 0.25) is 0 Å². The number of nitriles is 1. The normalized spacial score (nSPS) is 11.5. The zero-order chi connectivity index (χ0) is 10.3. The molecule has 13 heavy (non-hydrogen) atoms. The third kappa shape index (κ3) is 5.04. The van der Waals surface area contributed by atoms with Crippen LogP contribution < -0.4 is 0 Å². The fraction of sp³-hybridized carbons (Fsp3) is 0.750. The van der Waals surface area contributed by atoms with Crippen molar-refractivity contribution >= 4 is 6.09 Å². The quantitative estimate of drug-likeness (QED) is 0.681. The van der Waals surface area contributed by atoms with Crippen molar-refractivity contribution in [2.24, 2.45) is 5.92 Å². The standard InChI is InChI=1S/C8H14N2O3/c1-7(5-9)6-10(2)8(12)13-4-3-11/h7,11H,3-4,6H2,1-2H3. The molecule has 0 fully saturated rings. The van der Waals surface area contributed by atoms with Gasteiger partial charge >= 0.3 is 6.09 Å². The highest BCUT2D eigenvalue weighted by Crippen LogP contribution is 1.97. The van der Waals surface area contributed by atoms with Crippen LogP contribution in [-0.4, -0.2) is 42.9 Å². The first-order valence-corrected chi connectivity index (χ1v) is 4.00. The van der Waals surface area contributed by atoms with Crippen LogP contribution >= 0.6 is 0 Å². The Hall–Kier alpha value is -1.28. The SMILES string of the molecule is CC(C#N)CN(C)C(=O)OCCO. The number of amides is 1. The molecular formula is C8H14N2O3. The highest BCUT2D eigenvalue weighted by molar-refractivity contribution is 5.67. The summed E-state index contributed by atoms with van der Waals surface area (Å²) in [5.41, 5.74) is 0. The maximum absolute atomic E-state index is 11.0. The van der Waals surface area contributed by atoms with Gasteiger partial charge in [-0.25, -0.2) is 4.79 Å². The summed E-state index contributed by atoms with van der Waals surface area (Å²) in [4.78, 5) is 12.3. The summed E-state index contributed by atoms with van der Waals surface area (Å²) in [5.74, 6) is -0.216. The van der Waals surface area contributed by atoms with E-state index < -0.39 is 6.09 Å². The smallest absolute Gasteiger partial charge is 0.409 e. The zero-order valence-corrected chi connectivity index (χ0v) is 7.86. The van der Waals surface area contributed by atoms with Crippen molar-refractivity contribution in [3.05, 3.63) is 0 Å². The van der Waals surface area contributed by atoms with Gasteiger partial charge in [-0.15, -0.1) is 0 Å². The number of hydrogen-bond donors (Lipinski definition) is 1. The van der Waals surface area contributed by atoms with E-state index >= 15 is 0 Å². The van der Waals surface area contributed by atoms with Crippen molar-refractivity contribution < 1.29 is 14.6 Å². The predicted octanol–water partition coefficient (Wildman–Crippen LogP) is 0.207. The van der Waals surface area contributed by atoms with Gasteiger partial charge in [-0.3, -0.25) is 0 Å². The first-order chi connectivity index (χ1) is 6.11. The maximum Gasteiger partial charge on any atom is 0.409 e. The number of carbonyl (C=O) groups is 1. The molecule has 0 aliphatic rings. The molecule has 74 valence electrons. The Kier molecular flexibility index (Phi) is 5.64. The van der Waals surface area contributed by atoms with Gasteiger partial charge in [0.2, 0.25) is 0 Å². The summed E-state index contributed by atoms with van der Waals surface area (Å²) >= 11 is 0. The molecule has 0 aromatic carbocycles. The van der Waals surface area contributed by atoms with E-state index in [9.17, 15) is 4.79 Å². The van der Waals surface area contributed by atoms with Crippen molar-refractivity contribution in [2.45, 2.75) is 6.92 Å². The van der Waals surface area contributed by atoms with Gasteiger partial charge in [0.05, 0.1) is 18.6 Å². The first kappa shape index (κ1) is 11.7. The summed E-state index contributed by atoms with van der Waals surface area (Å²) in [6, 6.07) is 2.01. The van der Waals surface area contributed by atoms with Gasteiger partial charge in [0.25, 0.3) is 0 Å². The second-order valence-electron chi connectivity index (χ2n) is 2.75. The van der Waals surface area contributed by atoms with Gasteiger partial charge in [-0.2, -0.15) is 5.26 Å². The molecule has 0 aromatic heterocycles. The Bertz CT molecular complexity index is 200. The Labute approximate surface area is 77.5 Å². The van der Waals surface area contributed by atoms with Crippen molar-refractivity contribution in [2.75, 3.05) is 26.8 Å². The predicted molar refractivity (Wildman–Crippen MR) is 45.8 cm³/mol. The van der Waals surface area contributed by atoms with E-state index in [4.69, 9.17) is 10.4 Å². The lowest BCUT2D eigenvalue weighted by Gasteiger charge is -2.17. The minimum atomic E-state index is -0.517. The molecule has 0 bridgehead atoms. The lowest BCUT2D eigenvalue weighted by atomic mass is 10.2. The summed E-state index contributed by atoms with van der Waals surface area (Å²) in [6.45, 7) is 1.86. The molecule has 0 rings (SSSR count). The van der Waals surface area contributed by atoms with Crippen LogP contribution in [0.4, 0.5) is 4.79 Å². The molecule has 0 saturated carbocycles. The third-order valence-electron chi connectivity index (χ3n) is 1.40. The van der Waals surface area contributed by atoms with Crippen LogP contribution in [0.25, 0.3) is 0 Å². The molecule has 1 unspecified atom stereocenters. The van der Waals surface area contributed by atoms with Crippen molar-refractivity contribution in [1.29, 1.82) is 5.26 Å². The van der Waals surface area contributed by atoms with Gasteiger partial charge < -0.3 is 14.7 Å². The summed E-state index contributed by atoms with van der Waals surface area (Å²) in [5, 5.41) is 16.8. The molecule has 0 heterocycles. The van der Waals surface area contributed by atoms with E-state index in [2.05, 4.69) is 4.74 Å². The maximum atomic E-state index is 11.0. The number of ether oxygens (including phenoxy) is 1. The van der Waals surface area contributed by atoms with Gasteiger partial charge in [0.15, 0.2) is 0 Å². The number of hydrogen-bond acceptors (Lipinski definition) is 4. The van der Waals surface area contributed by atoms with Gasteiger partial charge in [-0.05, 0) is 6.92 Å². The van der Waals surface area contributed by atoms with E-state index in [1.54, 1.807) is 14.0 Å². The highest BCUT2D eigenvalue weighted by Gasteiger charge is 2.12. The van der Waals surface area contributed by atoms with E-state index in [1.807, 2.05) is 6.07 Å². The second-order valence-corrected chi connectivity index (χ2v) is 2.75. The molecule has 0 aliphatic heterocycles. The number of carbonyl (C=O) groups excluding carboxylic acids is 1. The van der Waals surface area contributed by atoms with Crippen LogP contribution in [0.3, 0.4) is 0 Å². The average molecular weight is 186 g/mol. The number of rotatable bonds is 4. The molecule has 1 N–H and O–H groups in total. The summed E-state index contributed by atoms with van der Waals surface area (Å²) in [7, 11) is 1.55. The van der Waals surface area contributed by atoms with Crippen molar-refractivity contribution in [3.8, 4) is 6.07 Å². The molecule has 0 aromatic rings. The van der Waals surface area contributed by atoms with E-state index in [-0.39, 0.29) is 19.1 Å². The molecule has 0 saturated heterocycles. The Morgan fingerprint density at radius 2 is 2.38 bits per heavy atom. The molecule has 0 aliphatic carbocycles. The van der Waals surface area contributed by atoms with E-state index in [0.29, 0.717) is 6.54 Å². The van der Waals surface area contributed by atoms with E-state index in [1.165, 1.54) is 4.90 Å². The van der Waals surface area contributed by atoms with Gasteiger partial charge in [0, 0.05) is 13.6 Å². The fourth-order valence-corrected chi connectivity index (χ4v) is 0.769. The van der Waals surface area contributed by atoms with Crippen LogP contribution in [0.15, 0.2) is 0 Å². The number of aliphatic hydroxyl groups excluding tert-OH is 1. The monoisotopic (exact) mass is 186 g/mol. The number of nitrogens with zero attached hydrogens (tertiary/aromatic N) is 2. The average Bonchev–Trinajstić information content (AvgIpc) is 2.13. The highest BCUT2D eigenvalue weighted by atomic mass is 16.6. The van der Waals surface area contributed by atoms with Gasteiger partial charge in [0.1, 0.15) is 6.61 Å². The summed E-state index contributed by atoms with van der Waals surface area (Å²) < 4.78 is 4.63. The van der Waals surface area contributed by atoms with E-state index in [0.717, 1.165) is 0 Å². The minimum Gasteiger partial charge on any atom is -0.447 e. The lowest BCUT2D eigenvalue weighted by molar-refractivity contribution is 0.0893. The largest absolute Gasteiger partial charge is 0.447 e. The van der Waals surface area contributed by atoms with Crippen LogP contribution in [0.1, 0.15) is 6.92 Å². The first-order valence-electron chi connectivity index (χ1n) is 4.00. The zero-order valence-electron chi connectivity index (χ0n) is 7.86. The second kappa shape index (κ2) is 6.26. The molecule has 1 amide bonds. The Morgan fingerprint density at radius 1 is 1.77 bits per heavy atom. The molecule has 0 radical (unpaired) electrons. The van der Waals surface area contributed by atoms with Crippen LogP contribution in [-0.2, 0) is 4.74 Å². The summed E-state index contributed by atoms with van der Waals surface area (Å²) in [6.07, 6.45) is -0.517. The lowest BCUT2D eigenvalue weighted by Crippen LogP contribution is -2.31. The van der Waals surface area contributed by atoms with Crippen LogP contribution in [0, 0.1) is 17.2 Å². The fourth-order valence-electron chi connectivity index (χ4n) is 0.769. The van der Waals surface area contributed by atoms with Gasteiger partial charge in [-0.1, -0.05) is 0 Å². The topological polar surface area (TPSA) is 73.6 Å². The molecule has 5 nitrogen and oxygen atoms in total. The Morgan fingerprint density at radius 3 is 2.85 bits per heavy atom.